The summed E-state index contributed by atoms with van der Waals surface area (Å²) in [5, 5.41) is 24.4. The Morgan fingerprint density at radius 3 is 2.71 bits per heavy atom. The molecule has 0 amide bonds. The van der Waals surface area contributed by atoms with Crippen molar-refractivity contribution in [2.75, 3.05) is 13.7 Å². The van der Waals surface area contributed by atoms with Crippen molar-refractivity contribution in [1.29, 1.82) is 0 Å². The van der Waals surface area contributed by atoms with Gasteiger partial charge in [-0.25, -0.2) is 0 Å². The van der Waals surface area contributed by atoms with Crippen LogP contribution < -0.4 is 15.8 Å². The van der Waals surface area contributed by atoms with E-state index in [0.717, 1.165) is 17.7 Å². The van der Waals surface area contributed by atoms with Crippen LogP contribution in [-0.2, 0) is 6.54 Å². The minimum absolute atomic E-state index is 0.0625. The summed E-state index contributed by atoms with van der Waals surface area (Å²) in [6.07, 6.45) is 1.57. The van der Waals surface area contributed by atoms with Crippen LogP contribution in [0.15, 0.2) is 23.4 Å². The van der Waals surface area contributed by atoms with Gasteiger partial charge in [0.25, 0.3) is 0 Å². The maximum Gasteiger partial charge on any atom is 0.170 e. The van der Waals surface area contributed by atoms with Gasteiger partial charge in [0.05, 0.1) is 7.11 Å². The lowest BCUT2D eigenvalue weighted by Crippen LogP contribution is -2.42. The quantitative estimate of drug-likeness (QED) is 0.252. The minimum atomic E-state index is -0.146. The monoisotopic (exact) mass is 295 g/mol. The first kappa shape index (κ1) is 17.3. The molecule has 1 atom stereocenters. The third-order valence-corrected chi connectivity index (χ3v) is 3.83. The Morgan fingerprint density at radius 2 is 2.19 bits per heavy atom. The van der Waals surface area contributed by atoms with E-state index in [0.29, 0.717) is 18.5 Å². The molecule has 0 saturated carbocycles. The summed E-state index contributed by atoms with van der Waals surface area (Å²) in [5.74, 6) is 0.798. The molecule has 0 heterocycles. The molecule has 1 unspecified atom stereocenters. The van der Waals surface area contributed by atoms with Crippen molar-refractivity contribution < 1.29 is 15.1 Å². The normalized spacial score (nSPS) is 14.8. The molecule has 1 rings (SSSR count). The summed E-state index contributed by atoms with van der Waals surface area (Å²) in [5.41, 5.74) is 7.02. The molecule has 0 spiro atoms. The Morgan fingerprint density at radius 1 is 1.48 bits per heavy atom. The van der Waals surface area contributed by atoms with Crippen LogP contribution in [0.5, 0.6) is 5.75 Å². The Kier molecular flexibility index (Phi) is 6.45. The number of nitrogens with zero attached hydrogens (tertiary/aromatic N) is 1. The number of aliphatic hydroxyl groups is 1. The maximum absolute atomic E-state index is 9.16. The molecule has 0 saturated heterocycles. The smallest absolute Gasteiger partial charge is 0.170 e. The molecule has 1 aromatic carbocycles. The SMILES string of the molecule is CCC(C)(CCO)NCc1cc(/C(N)=N/O)ccc1OC. The number of aliphatic hydroxyl groups excluding tert-OH is 1. The van der Waals surface area contributed by atoms with E-state index in [1.807, 2.05) is 6.07 Å². The molecular formula is C15H25N3O3. The Balaban J connectivity index is 2.95. The first-order valence-electron chi connectivity index (χ1n) is 7.00. The van der Waals surface area contributed by atoms with E-state index in [1.54, 1.807) is 19.2 Å². The third-order valence-electron chi connectivity index (χ3n) is 3.83. The van der Waals surface area contributed by atoms with Gasteiger partial charge < -0.3 is 26.1 Å². The van der Waals surface area contributed by atoms with Crippen molar-refractivity contribution in [2.45, 2.75) is 38.8 Å². The van der Waals surface area contributed by atoms with Crippen LogP contribution in [0.25, 0.3) is 0 Å². The molecule has 5 N–H and O–H groups in total. The number of ether oxygens (including phenoxy) is 1. The number of nitrogens with two attached hydrogens (primary N) is 1. The van der Waals surface area contributed by atoms with E-state index < -0.39 is 0 Å². The highest BCUT2D eigenvalue weighted by atomic mass is 16.5. The molecule has 6 heteroatoms. The number of hydrogen-bond donors (Lipinski definition) is 4. The van der Waals surface area contributed by atoms with Crippen LogP contribution >= 0.6 is 0 Å². The molecule has 0 aliphatic heterocycles. The zero-order valence-electron chi connectivity index (χ0n) is 12.9. The highest BCUT2D eigenvalue weighted by Crippen LogP contribution is 2.22. The second-order valence-corrected chi connectivity index (χ2v) is 5.25. The summed E-state index contributed by atoms with van der Waals surface area (Å²) in [7, 11) is 1.61. The van der Waals surface area contributed by atoms with Crippen molar-refractivity contribution in [3.8, 4) is 5.75 Å². The van der Waals surface area contributed by atoms with E-state index in [1.165, 1.54) is 0 Å². The molecule has 21 heavy (non-hydrogen) atoms. The molecule has 0 aliphatic rings. The molecule has 0 radical (unpaired) electrons. The zero-order valence-corrected chi connectivity index (χ0v) is 12.9. The highest BCUT2D eigenvalue weighted by molar-refractivity contribution is 5.97. The van der Waals surface area contributed by atoms with Crippen molar-refractivity contribution in [2.24, 2.45) is 10.9 Å². The number of oxime groups is 1. The van der Waals surface area contributed by atoms with Crippen LogP contribution in [0.2, 0.25) is 0 Å². The number of methoxy groups -OCH3 is 1. The third kappa shape index (κ3) is 4.61. The molecule has 0 fully saturated rings. The summed E-state index contributed by atoms with van der Waals surface area (Å²) >= 11 is 0. The van der Waals surface area contributed by atoms with Gasteiger partial charge in [0.2, 0.25) is 0 Å². The van der Waals surface area contributed by atoms with E-state index in [9.17, 15) is 0 Å². The van der Waals surface area contributed by atoms with E-state index in [2.05, 4.69) is 24.3 Å². The predicted octanol–water partition coefficient (Wildman–Crippen LogP) is 1.43. The summed E-state index contributed by atoms with van der Waals surface area (Å²) in [4.78, 5) is 0. The topological polar surface area (TPSA) is 100 Å². The van der Waals surface area contributed by atoms with E-state index >= 15 is 0 Å². The van der Waals surface area contributed by atoms with Crippen molar-refractivity contribution in [1.82, 2.24) is 5.32 Å². The fourth-order valence-corrected chi connectivity index (χ4v) is 2.08. The molecule has 0 aliphatic carbocycles. The van der Waals surface area contributed by atoms with Crippen LogP contribution in [-0.4, -0.2) is 35.4 Å². The molecular weight excluding hydrogens is 270 g/mol. The van der Waals surface area contributed by atoms with Gasteiger partial charge in [-0.15, -0.1) is 0 Å². The van der Waals surface area contributed by atoms with Crippen LogP contribution in [0.4, 0.5) is 0 Å². The number of benzene rings is 1. The second kappa shape index (κ2) is 7.85. The minimum Gasteiger partial charge on any atom is -0.496 e. The molecule has 0 bridgehead atoms. The van der Waals surface area contributed by atoms with Crippen molar-refractivity contribution in [3.05, 3.63) is 29.3 Å². The summed E-state index contributed by atoms with van der Waals surface area (Å²) < 4.78 is 5.34. The average Bonchev–Trinajstić information content (AvgIpc) is 2.52. The van der Waals surface area contributed by atoms with E-state index in [4.69, 9.17) is 20.8 Å². The van der Waals surface area contributed by atoms with Gasteiger partial charge in [0.15, 0.2) is 5.84 Å². The van der Waals surface area contributed by atoms with Crippen LogP contribution in [0.1, 0.15) is 37.8 Å². The first-order valence-corrected chi connectivity index (χ1v) is 7.00. The van der Waals surface area contributed by atoms with Crippen molar-refractivity contribution in [3.63, 3.8) is 0 Å². The molecule has 0 aromatic heterocycles. The van der Waals surface area contributed by atoms with E-state index in [-0.39, 0.29) is 18.0 Å². The van der Waals surface area contributed by atoms with Gasteiger partial charge in [0.1, 0.15) is 5.75 Å². The summed E-state index contributed by atoms with van der Waals surface area (Å²) in [6.45, 7) is 4.86. The van der Waals surface area contributed by atoms with Crippen molar-refractivity contribution >= 4 is 5.84 Å². The predicted molar refractivity (Wildman–Crippen MR) is 82.7 cm³/mol. The number of nitrogens with one attached hydrogen (secondary N) is 1. The second-order valence-electron chi connectivity index (χ2n) is 5.25. The van der Waals surface area contributed by atoms with Gasteiger partial charge >= 0.3 is 0 Å². The average molecular weight is 295 g/mol. The lowest BCUT2D eigenvalue weighted by molar-refractivity contribution is 0.214. The van der Waals surface area contributed by atoms with Gasteiger partial charge in [-0.1, -0.05) is 12.1 Å². The summed E-state index contributed by atoms with van der Waals surface area (Å²) in [6, 6.07) is 5.36. The lowest BCUT2D eigenvalue weighted by Gasteiger charge is -2.29. The lowest BCUT2D eigenvalue weighted by atomic mass is 9.94. The van der Waals surface area contributed by atoms with Gasteiger partial charge in [-0.05, 0) is 38.0 Å². The molecule has 118 valence electrons. The molecule has 1 aromatic rings. The van der Waals surface area contributed by atoms with Gasteiger partial charge in [-0.3, -0.25) is 0 Å². The fourth-order valence-electron chi connectivity index (χ4n) is 2.08. The zero-order chi connectivity index (χ0) is 15.9. The number of rotatable bonds is 8. The first-order chi connectivity index (χ1) is 9.99. The highest BCUT2D eigenvalue weighted by Gasteiger charge is 2.21. The Hall–Kier alpha value is -1.79. The number of amidine groups is 1. The standard InChI is InChI=1S/C15H25N3O3/c1-4-15(2,7-8-19)17-10-12-9-11(14(16)18-20)5-6-13(12)21-3/h5-6,9,17,19-20H,4,7-8,10H2,1-3H3,(H2,16,18). The maximum atomic E-state index is 9.16. The molecule has 6 nitrogen and oxygen atoms in total. The van der Waals surface area contributed by atoms with Crippen LogP contribution in [0.3, 0.4) is 0 Å². The van der Waals surface area contributed by atoms with Gasteiger partial charge in [-0.2, -0.15) is 0 Å². The largest absolute Gasteiger partial charge is 0.496 e. The fraction of sp³-hybridized carbons (Fsp3) is 0.533. The number of hydrogen-bond acceptors (Lipinski definition) is 5. The Bertz CT molecular complexity index is 491. The Labute approximate surface area is 125 Å². The van der Waals surface area contributed by atoms with Crippen LogP contribution in [0, 0.1) is 0 Å². The van der Waals surface area contributed by atoms with Gasteiger partial charge in [0, 0.05) is 29.8 Å².